The lowest BCUT2D eigenvalue weighted by atomic mass is 10.0. The third kappa shape index (κ3) is 3.28. The first-order chi connectivity index (χ1) is 8.16. The summed E-state index contributed by atoms with van der Waals surface area (Å²) >= 11 is 1.33. The highest BCUT2D eigenvalue weighted by Crippen LogP contribution is 2.19. The Hall–Kier alpha value is -0.910. The van der Waals surface area contributed by atoms with Crippen LogP contribution < -0.4 is 5.32 Å². The quantitative estimate of drug-likeness (QED) is 0.844. The molecule has 0 aliphatic carbocycles. The van der Waals surface area contributed by atoms with Gasteiger partial charge in [0.1, 0.15) is 4.88 Å². The van der Waals surface area contributed by atoms with E-state index in [0.29, 0.717) is 16.8 Å². The molecule has 1 saturated heterocycles. The van der Waals surface area contributed by atoms with Crippen molar-refractivity contribution in [2.45, 2.75) is 25.9 Å². The second kappa shape index (κ2) is 5.62. The zero-order valence-electron chi connectivity index (χ0n) is 9.81. The van der Waals surface area contributed by atoms with Crippen LogP contribution in [0.3, 0.4) is 0 Å². The number of carboxylic acid groups (broad SMARTS) is 1. The monoisotopic (exact) mass is 255 g/mol. The van der Waals surface area contributed by atoms with E-state index in [1.807, 2.05) is 6.07 Å². The van der Waals surface area contributed by atoms with E-state index in [-0.39, 0.29) is 0 Å². The molecule has 0 aromatic carbocycles. The molecule has 17 heavy (non-hydrogen) atoms. The molecule has 0 bridgehead atoms. The summed E-state index contributed by atoms with van der Waals surface area (Å²) in [5, 5.41) is 12.3. The molecule has 0 saturated carbocycles. The molecule has 1 aliphatic rings. The van der Waals surface area contributed by atoms with E-state index < -0.39 is 5.97 Å². The molecule has 1 fully saturated rings. The summed E-state index contributed by atoms with van der Waals surface area (Å²) in [4.78, 5) is 12.2. The van der Waals surface area contributed by atoms with Gasteiger partial charge in [0.15, 0.2) is 0 Å². The van der Waals surface area contributed by atoms with Crippen LogP contribution in [-0.4, -0.2) is 30.3 Å². The maximum atomic E-state index is 10.7. The zero-order chi connectivity index (χ0) is 12.3. The van der Waals surface area contributed by atoms with Gasteiger partial charge in [0.25, 0.3) is 0 Å². The van der Waals surface area contributed by atoms with E-state index in [1.165, 1.54) is 11.3 Å². The topological polar surface area (TPSA) is 58.6 Å². The van der Waals surface area contributed by atoms with Crippen molar-refractivity contribution in [3.8, 4) is 0 Å². The lowest BCUT2D eigenvalue weighted by Gasteiger charge is -2.18. The molecular weight excluding hydrogens is 238 g/mol. The molecule has 4 nitrogen and oxygen atoms in total. The first-order valence-electron chi connectivity index (χ1n) is 5.80. The molecule has 0 spiro atoms. The number of thiophene rings is 1. The van der Waals surface area contributed by atoms with Crippen molar-refractivity contribution in [2.24, 2.45) is 5.92 Å². The summed E-state index contributed by atoms with van der Waals surface area (Å²) in [7, 11) is 0. The molecule has 0 radical (unpaired) electrons. The minimum absolute atomic E-state index is 0.402. The summed E-state index contributed by atoms with van der Waals surface area (Å²) in [6.45, 7) is 4.58. The molecule has 2 unspecified atom stereocenters. The molecule has 2 N–H and O–H groups in total. The van der Waals surface area contributed by atoms with Gasteiger partial charge in [0.05, 0.1) is 6.61 Å². The van der Waals surface area contributed by atoms with Gasteiger partial charge in [-0.15, -0.1) is 11.3 Å². The SMILES string of the molecule is CC(NCc1ccc(C(=O)O)s1)C1CCOC1. The van der Waals surface area contributed by atoms with Crippen molar-refractivity contribution in [1.29, 1.82) is 0 Å². The Balaban J connectivity index is 1.82. The van der Waals surface area contributed by atoms with Crippen LogP contribution >= 0.6 is 11.3 Å². The average molecular weight is 255 g/mol. The molecule has 2 heterocycles. The number of nitrogens with one attached hydrogen (secondary N) is 1. The lowest BCUT2D eigenvalue weighted by molar-refractivity contribution is 0.0702. The number of rotatable bonds is 5. The van der Waals surface area contributed by atoms with Crippen molar-refractivity contribution in [3.05, 3.63) is 21.9 Å². The van der Waals surface area contributed by atoms with Crippen molar-refractivity contribution in [3.63, 3.8) is 0 Å². The Morgan fingerprint density at radius 3 is 3.12 bits per heavy atom. The summed E-state index contributed by atoms with van der Waals surface area (Å²) in [6, 6.07) is 3.94. The fourth-order valence-electron chi connectivity index (χ4n) is 1.96. The number of ether oxygens (including phenoxy) is 1. The summed E-state index contributed by atoms with van der Waals surface area (Å²) in [6.07, 6.45) is 1.11. The van der Waals surface area contributed by atoms with E-state index in [9.17, 15) is 4.79 Å². The first kappa shape index (κ1) is 12.5. The largest absolute Gasteiger partial charge is 0.477 e. The number of carboxylic acids is 1. The van der Waals surface area contributed by atoms with E-state index in [0.717, 1.165) is 31.1 Å². The van der Waals surface area contributed by atoms with E-state index in [4.69, 9.17) is 9.84 Å². The second-order valence-corrected chi connectivity index (χ2v) is 5.53. The molecule has 1 aromatic rings. The molecule has 5 heteroatoms. The van der Waals surface area contributed by atoms with Crippen molar-refractivity contribution in [1.82, 2.24) is 5.32 Å². The maximum Gasteiger partial charge on any atom is 0.345 e. The molecule has 2 atom stereocenters. The van der Waals surface area contributed by atoms with Crippen molar-refractivity contribution < 1.29 is 14.6 Å². The van der Waals surface area contributed by atoms with E-state index in [2.05, 4.69) is 12.2 Å². The second-order valence-electron chi connectivity index (χ2n) is 4.36. The fraction of sp³-hybridized carbons (Fsp3) is 0.583. The lowest BCUT2D eigenvalue weighted by Crippen LogP contribution is -2.33. The fourth-order valence-corrected chi connectivity index (χ4v) is 2.76. The predicted octanol–water partition coefficient (Wildman–Crippen LogP) is 1.96. The summed E-state index contributed by atoms with van der Waals surface area (Å²) in [5.41, 5.74) is 0. The third-order valence-electron chi connectivity index (χ3n) is 3.14. The minimum atomic E-state index is -0.849. The highest BCUT2D eigenvalue weighted by molar-refractivity contribution is 7.13. The standard InChI is InChI=1S/C12H17NO3S/c1-8(9-4-5-16-7-9)13-6-10-2-3-11(17-10)12(14)15/h2-3,8-9,13H,4-7H2,1H3,(H,14,15). The smallest absolute Gasteiger partial charge is 0.345 e. The van der Waals surface area contributed by atoms with Crippen LogP contribution in [0.2, 0.25) is 0 Å². The van der Waals surface area contributed by atoms with E-state index >= 15 is 0 Å². The van der Waals surface area contributed by atoms with Crippen LogP contribution in [-0.2, 0) is 11.3 Å². The van der Waals surface area contributed by atoms with Gasteiger partial charge >= 0.3 is 5.97 Å². The van der Waals surface area contributed by atoms with Gasteiger partial charge in [-0.1, -0.05) is 0 Å². The molecule has 1 aliphatic heterocycles. The van der Waals surface area contributed by atoms with Crippen molar-refractivity contribution in [2.75, 3.05) is 13.2 Å². The van der Waals surface area contributed by atoms with Gasteiger partial charge in [-0.2, -0.15) is 0 Å². The van der Waals surface area contributed by atoms with Crippen LogP contribution in [0, 0.1) is 5.92 Å². The Bertz CT molecular complexity index is 385. The number of aromatic carboxylic acids is 1. The highest BCUT2D eigenvalue weighted by atomic mass is 32.1. The van der Waals surface area contributed by atoms with E-state index in [1.54, 1.807) is 6.07 Å². The number of carbonyl (C=O) groups is 1. The molecule has 94 valence electrons. The van der Waals surface area contributed by atoms with Crippen LogP contribution in [0.15, 0.2) is 12.1 Å². The van der Waals surface area contributed by atoms with Gasteiger partial charge in [-0.05, 0) is 31.4 Å². The van der Waals surface area contributed by atoms with Gasteiger partial charge < -0.3 is 15.2 Å². The number of hydrogen-bond acceptors (Lipinski definition) is 4. The highest BCUT2D eigenvalue weighted by Gasteiger charge is 2.21. The van der Waals surface area contributed by atoms with Gasteiger partial charge in [0.2, 0.25) is 0 Å². The molecule has 2 rings (SSSR count). The Kier molecular flexibility index (Phi) is 4.15. The normalized spacial score (nSPS) is 21.6. The third-order valence-corrected chi connectivity index (χ3v) is 4.22. The van der Waals surface area contributed by atoms with Crippen LogP contribution in [0.1, 0.15) is 27.9 Å². The van der Waals surface area contributed by atoms with Gasteiger partial charge in [0, 0.05) is 24.1 Å². The summed E-state index contributed by atoms with van der Waals surface area (Å²) < 4.78 is 5.35. The van der Waals surface area contributed by atoms with Crippen LogP contribution in [0.4, 0.5) is 0 Å². The Labute approximate surface area is 105 Å². The Morgan fingerprint density at radius 1 is 1.71 bits per heavy atom. The van der Waals surface area contributed by atoms with Crippen LogP contribution in [0.25, 0.3) is 0 Å². The first-order valence-corrected chi connectivity index (χ1v) is 6.61. The molecule has 0 amide bonds. The zero-order valence-corrected chi connectivity index (χ0v) is 10.6. The van der Waals surface area contributed by atoms with Gasteiger partial charge in [-0.3, -0.25) is 0 Å². The molecular formula is C12H17NO3S. The predicted molar refractivity (Wildman–Crippen MR) is 66.5 cm³/mol. The van der Waals surface area contributed by atoms with Gasteiger partial charge in [-0.25, -0.2) is 4.79 Å². The maximum absolute atomic E-state index is 10.7. The number of hydrogen-bond donors (Lipinski definition) is 2. The Morgan fingerprint density at radius 2 is 2.53 bits per heavy atom. The summed E-state index contributed by atoms with van der Waals surface area (Å²) in [5.74, 6) is -0.271. The van der Waals surface area contributed by atoms with Crippen molar-refractivity contribution >= 4 is 17.3 Å². The van der Waals surface area contributed by atoms with Crippen LogP contribution in [0.5, 0.6) is 0 Å². The average Bonchev–Trinajstić information content (AvgIpc) is 2.97. The molecule has 1 aromatic heterocycles. The minimum Gasteiger partial charge on any atom is -0.477 e.